The molecule has 0 aromatic carbocycles. The van der Waals surface area contributed by atoms with Crippen molar-refractivity contribution in [1.82, 2.24) is 0 Å². The van der Waals surface area contributed by atoms with Crippen LogP contribution in [0.1, 0.15) is 109 Å². The Hall–Kier alpha value is -0.370. The van der Waals surface area contributed by atoms with E-state index >= 15 is 0 Å². The van der Waals surface area contributed by atoms with Gasteiger partial charge in [-0.2, -0.15) is 0 Å². The quantitative estimate of drug-likeness (QED) is 0.687. The molecule has 5 unspecified atom stereocenters. The van der Waals surface area contributed by atoms with Crippen molar-refractivity contribution < 1.29 is 9.69 Å². The molecule has 0 aromatic rings. The standard InChI is InChI=1S/C27H45NO/c29-27(23-14-12-21(13-15-23)20-7-2-1-3-8-20)19-28-18-6-11-25-24-10-5-4-9-22(24)16-17-26(25)28/h20-26H,1-19H2/p+1. The smallest absolute Gasteiger partial charge is 0.189 e. The number of fused-ring (bicyclic) bond motifs is 3. The molecule has 0 bridgehead atoms. The highest BCUT2D eigenvalue weighted by Crippen LogP contribution is 2.45. The van der Waals surface area contributed by atoms with Crippen molar-refractivity contribution in [2.24, 2.45) is 35.5 Å². The number of hydrogen-bond acceptors (Lipinski definition) is 1. The fraction of sp³-hybridized carbons (Fsp3) is 0.963. The zero-order valence-corrected chi connectivity index (χ0v) is 18.9. The largest absolute Gasteiger partial charge is 0.326 e. The van der Waals surface area contributed by atoms with Crippen molar-refractivity contribution in [3.63, 3.8) is 0 Å². The van der Waals surface area contributed by atoms with E-state index in [4.69, 9.17) is 0 Å². The molecular weight excluding hydrogens is 354 g/mol. The predicted molar refractivity (Wildman–Crippen MR) is 119 cm³/mol. The second kappa shape index (κ2) is 9.41. The van der Waals surface area contributed by atoms with Gasteiger partial charge in [0.05, 0.1) is 12.6 Å². The molecule has 5 fully saturated rings. The number of likely N-dealkylation sites (tertiary alicyclic amines) is 1. The van der Waals surface area contributed by atoms with E-state index in [-0.39, 0.29) is 0 Å². The van der Waals surface area contributed by atoms with Gasteiger partial charge in [-0.15, -0.1) is 0 Å². The summed E-state index contributed by atoms with van der Waals surface area (Å²) in [4.78, 5) is 15.0. The van der Waals surface area contributed by atoms with E-state index < -0.39 is 0 Å². The predicted octanol–water partition coefficient (Wildman–Crippen LogP) is 5.21. The summed E-state index contributed by atoms with van der Waals surface area (Å²) < 4.78 is 0. The normalized spacial score (nSPS) is 43.9. The summed E-state index contributed by atoms with van der Waals surface area (Å²) in [6, 6.07) is 0.825. The minimum atomic E-state index is 0.411. The number of carbonyl (C=O) groups is 1. The number of hydrogen-bond donors (Lipinski definition) is 1. The van der Waals surface area contributed by atoms with E-state index in [2.05, 4.69) is 0 Å². The SMILES string of the molecule is O=C(C[NH+]1CCCC2C3CCCCC3CCC21)C1CCC(C2CCCCC2)CC1. The molecule has 0 radical (unpaired) electrons. The second-order valence-electron chi connectivity index (χ2n) is 11.8. The zero-order chi connectivity index (χ0) is 19.6. The fourth-order valence-corrected chi connectivity index (χ4v) is 8.84. The summed E-state index contributed by atoms with van der Waals surface area (Å²) in [6.07, 6.45) is 24.2. The Labute approximate surface area is 179 Å². The monoisotopic (exact) mass is 400 g/mol. The third kappa shape index (κ3) is 4.48. The Bertz CT molecular complexity index is 545. The van der Waals surface area contributed by atoms with Gasteiger partial charge in [0.2, 0.25) is 0 Å². The molecule has 29 heavy (non-hydrogen) atoms. The van der Waals surface area contributed by atoms with Gasteiger partial charge >= 0.3 is 0 Å². The van der Waals surface area contributed by atoms with Gasteiger partial charge in [0, 0.05) is 11.8 Å². The highest BCUT2D eigenvalue weighted by molar-refractivity contribution is 5.82. The first-order chi connectivity index (χ1) is 14.3. The van der Waals surface area contributed by atoms with Crippen LogP contribution in [0.3, 0.4) is 0 Å². The fourth-order valence-electron chi connectivity index (χ4n) is 8.84. The minimum absolute atomic E-state index is 0.411. The summed E-state index contributed by atoms with van der Waals surface area (Å²) in [5.74, 6) is 6.01. The number of carbonyl (C=O) groups excluding carboxylic acids is 1. The number of rotatable bonds is 4. The third-order valence-corrected chi connectivity index (χ3v) is 10.4. The van der Waals surface area contributed by atoms with Crippen molar-refractivity contribution >= 4 is 5.78 Å². The average Bonchev–Trinajstić information content (AvgIpc) is 2.80. The van der Waals surface area contributed by atoms with Crippen LogP contribution in [0.5, 0.6) is 0 Å². The number of Topliss-reactive ketones (excluding diaryl/α,β-unsaturated/α-hetero) is 1. The lowest BCUT2D eigenvalue weighted by Gasteiger charge is -2.50. The Balaban J connectivity index is 1.14. The molecule has 5 rings (SSSR count). The first-order valence-electron chi connectivity index (χ1n) is 13.7. The molecule has 164 valence electrons. The van der Waals surface area contributed by atoms with Gasteiger partial charge in [-0.25, -0.2) is 0 Å². The van der Waals surface area contributed by atoms with Gasteiger partial charge in [0.1, 0.15) is 6.54 Å². The highest BCUT2D eigenvalue weighted by atomic mass is 16.1. The topological polar surface area (TPSA) is 21.5 Å². The number of quaternary nitrogens is 1. The summed E-state index contributed by atoms with van der Waals surface area (Å²) >= 11 is 0. The van der Waals surface area contributed by atoms with Gasteiger partial charge in [0.25, 0.3) is 0 Å². The van der Waals surface area contributed by atoms with Crippen LogP contribution in [0.15, 0.2) is 0 Å². The van der Waals surface area contributed by atoms with Crippen LogP contribution >= 0.6 is 0 Å². The Kier molecular flexibility index (Phi) is 6.66. The number of ketones is 1. The Morgan fingerprint density at radius 2 is 1.21 bits per heavy atom. The van der Waals surface area contributed by atoms with Crippen LogP contribution in [0.4, 0.5) is 0 Å². The van der Waals surface area contributed by atoms with E-state index in [1.807, 2.05) is 0 Å². The first-order valence-corrected chi connectivity index (χ1v) is 13.7. The second-order valence-corrected chi connectivity index (χ2v) is 11.8. The van der Waals surface area contributed by atoms with Crippen LogP contribution in [0.25, 0.3) is 0 Å². The molecule has 2 nitrogen and oxygen atoms in total. The molecule has 1 saturated heterocycles. The maximum atomic E-state index is 13.3. The molecule has 1 heterocycles. The molecule has 0 aromatic heterocycles. The molecule has 2 heteroatoms. The van der Waals surface area contributed by atoms with Gasteiger partial charge in [-0.05, 0) is 81.5 Å². The lowest BCUT2D eigenvalue weighted by Crippen LogP contribution is -3.18. The average molecular weight is 401 g/mol. The van der Waals surface area contributed by atoms with E-state index in [9.17, 15) is 4.79 Å². The van der Waals surface area contributed by atoms with Crippen LogP contribution in [0.2, 0.25) is 0 Å². The van der Waals surface area contributed by atoms with Crippen molar-refractivity contribution in [2.75, 3.05) is 13.1 Å². The van der Waals surface area contributed by atoms with Crippen molar-refractivity contribution in [2.45, 2.75) is 115 Å². The zero-order valence-electron chi connectivity index (χ0n) is 18.9. The molecule has 1 aliphatic heterocycles. The molecule has 4 saturated carbocycles. The summed E-state index contributed by atoms with van der Waals surface area (Å²) in [5, 5.41) is 0. The minimum Gasteiger partial charge on any atom is -0.326 e. The van der Waals surface area contributed by atoms with Crippen molar-refractivity contribution in [1.29, 1.82) is 0 Å². The maximum Gasteiger partial charge on any atom is 0.189 e. The molecular formula is C27H46NO+. The third-order valence-electron chi connectivity index (χ3n) is 10.4. The van der Waals surface area contributed by atoms with Gasteiger partial charge in [-0.3, -0.25) is 4.79 Å². The first kappa shape index (κ1) is 20.5. The Morgan fingerprint density at radius 3 is 2.03 bits per heavy atom. The van der Waals surface area contributed by atoms with E-state index in [1.165, 1.54) is 116 Å². The molecule has 0 spiro atoms. The molecule has 1 N–H and O–H groups in total. The lowest BCUT2D eigenvalue weighted by molar-refractivity contribution is -0.929. The Morgan fingerprint density at radius 1 is 0.586 bits per heavy atom. The molecule has 5 aliphatic rings. The lowest BCUT2D eigenvalue weighted by atomic mass is 9.61. The van der Waals surface area contributed by atoms with Gasteiger partial charge < -0.3 is 4.90 Å². The van der Waals surface area contributed by atoms with Crippen molar-refractivity contribution in [3.8, 4) is 0 Å². The van der Waals surface area contributed by atoms with E-state index in [0.29, 0.717) is 11.7 Å². The van der Waals surface area contributed by atoms with Crippen LogP contribution in [-0.4, -0.2) is 24.9 Å². The summed E-state index contributed by atoms with van der Waals surface area (Å²) in [7, 11) is 0. The molecule has 0 amide bonds. The van der Waals surface area contributed by atoms with Crippen molar-refractivity contribution in [3.05, 3.63) is 0 Å². The highest BCUT2D eigenvalue weighted by Gasteiger charge is 2.47. The van der Waals surface area contributed by atoms with Crippen LogP contribution in [-0.2, 0) is 4.79 Å². The maximum absolute atomic E-state index is 13.3. The number of piperidine rings is 1. The van der Waals surface area contributed by atoms with Crippen LogP contribution in [0, 0.1) is 35.5 Å². The van der Waals surface area contributed by atoms with E-state index in [1.54, 1.807) is 4.90 Å². The van der Waals surface area contributed by atoms with E-state index in [0.717, 1.165) is 42.2 Å². The molecule has 5 atom stereocenters. The van der Waals surface area contributed by atoms with Gasteiger partial charge in [0.15, 0.2) is 5.78 Å². The summed E-state index contributed by atoms with van der Waals surface area (Å²) in [5.41, 5.74) is 0. The summed E-state index contributed by atoms with van der Waals surface area (Å²) in [6.45, 7) is 2.15. The van der Waals surface area contributed by atoms with Gasteiger partial charge in [-0.1, -0.05) is 51.4 Å². The number of nitrogens with one attached hydrogen (secondary N) is 1. The van der Waals surface area contributed by atoms with Crippen LogP contribution < -0.4 is 4.90 Å². The molecule has 4 aliphatic carbocycles.